The lowest BCUT2D eigenvalue weighted by molar-refractivity contribution is -0.133. The molecule has 29 heavy (non-hydrogen) atoms. The second-order valence-electron chi connectivity index (χ2n) is 7.06. The van der Waals surface area contributed by atoms with Gasteiger partial charge in [-0.25, -0.2) is 9.18 Å². The molecule has 0 spiro atoms. The highest BCUT2D eigenvalue weighted by atomic mass is 35.5. The van der Waals surface area contributed by atoms with Gasteiger partial charge in [0.05, 0.1) is 11.4 Å². The van der Waals surface area contributed by atoms with Gasteiger partial charge in [-0.3, -0.25) is 14.5 Å². The van der Waals surface area contributed by atoms with E-state index in [0.717, 1.165) is 10.6 Å². The summed E-state index contributed by atoms with van der Waals surface area (Å²) in [6.45, 7) is 1.04. The van der Waals surface area contributed by atoms with Crippen molar-refractivity contribution in [1.82, 2.24) is 10.2 Å². The van der Waals surface area contributed by atoms with Crippen molar-refractivity contribution in [3.63, 3.8) is 0 Å². The Morgan fingerprint density at radius 2 is 1.86 bits per heavy atom. The van der Waals surface area contributed by atoms with Crippen molar-refractivity contribution in [2.75, 3.05) is 30.9 Å². The van der Waals surface area contributed by atoms with Gasteiger partial charge in [-0.1, -0.05) is 23.7 Å². The largest absolute Gasteiger partial charge is 0.376 e. The van der Waals surface area contributed by atoms with Crippen molar-refractivity contribution in [3.8, 4) is 0 Å². The minimum Gasteiger partial charge on any atom is -0.376 e. The number of anilines is 2. The van der Waals surface area contributed by atoms with Gasteiger partial charge in [-0.2, -0.15) is 0 Å². The summed E-state index contributed by atoms with van der Waals surface area (Å²) in [5, 5.41) is 5.70. The van der Waals surface area contributed by atoms with E-state index in [1.165, 1.54) is 31.2 Å². The molecular formula is C20H20ClFN4O3. The van der Waals surface area contributed by atoms with Crippen LogP contribution in [-0.2, 0) is 15.1 Å². The maximum atomic E-state index is 13.2. The molecule has 1 unspecified atom stereocenters. The van der Waals surface area contributed by atoms with Crippen molar-refractivity contribution >= 4 is 40.8 Å². The summed E-state index contributed by atoms with van der Waals surface area (Å²) in [6.07, 6.45) is 0. The Balaban J connectivity index is 1.78. The van der Waals surface area contributed by atoms with Crippen LogP contribution in [0.2, 0.25) is 5.02 Å². The molecule has 1 saturated heterocycles. The fraction of sp³-hybridized carbons (Fsp3) is 0.250. The molecule has 2 N–H and O–H groups in total. The van der Waals surface area contributed by atoms with E-state index < -0.39 is 35.7 Å². The summed E-state index contributed by atoms with van der Waals surface area (Å²) < 4.78 is 13.2. The van der Waals surface area contributed by atoms with Crippen LogP contribution in [0.1, 0.15) is 12.5 Å². The zero-order valence-corrected chi connectivity index (χ0v) is 16.9. The van der Waals surface area contributed by atoms with Crippen LogP contribution in [0, 0.1) is 5.82 Å². The molecule has 1 atom stereocenters. The predicted octanol–water partition coefficient (Wildman–Crippen LogP) is 2.95. The molecule has 0 aromatic heterocycles. The van der Waals surface area contributed by atoms with Gasteiger partial charge in [0.25, 0.3) is 5.91 Å². The Hall–Kier alpha value is -3.13. The Kier molecular flexibility index (Phi) is 5.48. The zero-order valence-electron chi connectivity index (χ0n) is 16.1. The first-order chi connectivity index (χ1) is 13.6. The van der Waals surface area contributed by atoms with Gasteiger partial charge >= 0.3 is 6.03 Å². The molecule has 1 aliphatic rings. The van der Waals surface area contributed by atoms with Crippen molar-refractivity contribution in [3.05, 3.63) is 58.9 Å². The molecule has 4 amide bonds. The maximum absolute atomic E-state index is 13.2. The van der Waals surface area contributed by atoms with Crippen LogP contribution >= 0.6 is 11.6 Å². The quantitative estimate of drug-likeness (QED) is 0.731. The second kappa shape index (κ2) is 7.71. The fourth-order valence-electron chi connectivity index (χ4n) is 3.15. The number of carbonyl (C=O) groups excluding carboxylic acids is 3. The molecule has 9 heteroatoms. The fourth-order valence-corrected chi connectivity index (χ4v) is 3.32. The smallest absolute Gasteiger partial charge is 0.325 e. The first kappa shape index (κ1) is 20.6. The third kappa shape index (κ3) is 4.02. The van der Waals surface area contributed by atoms with Crippen molar-refractivity contribution in [2.24, 2.45) is 0 Å². The molecule has 1 heterocycles. The first-order valence-corrected chi connectivity index (χ1v) is 9.16. The van der Waals surface area contributed by atoms with Gasteiger partial charge in [0.1, 0.15) is 17.9 Å². The van der Waals surface area contributed by atoms with Crippen LogP contribution in [-0.4, -0.2) is 43.4 Å². The number of amides is 4. The Bertz CT molecular complexity index is 980. The van der Waals surface area contributed by atoms with E-state index in [-0.39, 0.29) is 0 Å². The Morgan fingerprint density at radius 3 is 2.48 bits per heavy atom. The van der Waals surface area contributed by atoms with Gasteiger partial charge in [-0.05, 0) is 42.8 Å². The van der Waals surface area contributed by atoms with Crippen LogP contribution in [0.4, 0.5) is 20.6 Å². The number of nitrogens with one attached hydrogen (secondary N) is 2. The molecule has 2 aromatic carbocycles. The Morgan fingerprint density at radius 1 is 1.21 bits per heavy atom. The average molecular weight is 419 g/mol. The summed E-state index contributed by atoms with van der Waals surface area (Å²) in [5.74, 6) is -1.60. The second-order valence-corrected chi connectivity index (χ2v) is 7.49. The van der Waals surface area contributed by atoms with E-state index >= 15 is 0 Å². The number of imide groups is 1. The number of hydrogen-bond donors (Lipinski definition) is 2. The van der Waals surface area contributed by atoms with E-state index in [2.05, 4.69) is 10.6 Å². The van der Waals surface area contributed by atoms with Crippen LogP contribution in [0.3, 0.4) is 0 Å². The Labute approximate surface area is 172 Å². The van der Waals surface area contributed by atoms with Gasteiger partial charge in [-0.15, -0.1) is 0 Å². The number of halogens is 2. The number of hydrogen-bond acceptors (Lipinski definition) is 4. The summed E-state index contributed by atoms with van der Waals surface area (Å²) >= 11 is 6.01. The van der Waals surface area contributed by atoms with Crippen LogP contribution < -0.4 is 15.5 Å². The first-order valence-electron chi connectivity index (χ1n) is 8.78. The molecule has 3 rings (SSSR count). The van der Waals surface area contributed by atoms with Crippen LogP contribution in [0.5, 0.6) is 0 Å². The number of benzene rings is 2. The highest BCUT2D eigenvalue weighted by molar-refractivity contribution is 6.31. The molecule has 7 nitrogen and oxygen atoms in total. The molecule has 0 saturated carbocycles. The van der Waals surface area contributed by atoms with Crippen LogP contribution in [0.15, 0.2) is 42.5 Å². The molecule has 2 aromatic rings. The highest BCUT2D eigenvalue weighted by Crippen LogP contribution is 2.30. The average Bonchev–Trinajstić information content (AvgIpc) is 2.86. The van der Waals surface area contributed by atoms with Crippen molar-refractivity contribution in [1.29, 1.82) is 0 Å². The van der Waals surface area contributed by atoms with E-state index in [4.69, 9.17) is 11.6 Å². The van der Waals surface area contributed by atoms with Gasteiger partial charge < -0.3 is 15.5 Å². The standard InChI is InChI=1S/C20H20ClFN4O3/c1-20(12-4-7-14(22)8-5-12)18(28)26(19(29)24-20)11-17(27)23-15-10-13(21)6-9-16(15)25(2)3/h4-10H,11H2,1-3H3,(H,23,27)(H,24,29). The van der Waals surface area contributed by atoms with Gasteiger partial charge in [0.15, 0.2) is 0 Å². The molecule has 0 bridgehead atoms. The highest BCUT2D eigenvalue weighted by Gasteiger charge is 2.49. The molecule has 152 valence electrons. The number of rotatable bonds is 5. The maximum Gasteiger partial charge on any atom is 0.325 e. The van der Waals surface area contributed by atoms with Gasteiger partial charge in [0.2, 0.25) is 5.91 Å². The van der Waals surface area contributed by atoms with Crippen molar-refractivity contribution < 1.29 is 18.8 Å². The molecule has 1 aliphatic heterocycles. The van der Waals surface area contributed by atoms with E-state index in [9.17, 15) is 18.8 Å². The van der Waals surface area contributed by atoms with E-state index in [1.807, 2.05) is 14.1 Å². The third-order valence-corrected chi connectivity index (χ3v) is 4.95. The van der Waals surface area contributed by atoms with Crippen LogP contribution in [0.25, 0.3) is 0 Å². The summed E-state index contributed by atoms with van der Waals surface area (Å²) in [4.78, 5) is 40.4. The number of carbonyl (C=O) groups is 3. The minimum atomic E-state index is -1.38. The van der Waals surface area contributed by atoms with E-state index in [1.54, 1.807) is 23.1 Å². The number of urea groups is 1. The lowest BCUT2D eigenvalue weighted by Gasteiger charge is -2.22. The predicted molar refractivity (Wildman–Crippen MR) is 108 cm³/mol. The normalized spacial score (nSPS) is 18.6. The summed E-state index contributed by atoms with van der Waals surface area (Å²) in [5.41, 5.74) is 0.220. The molecule has 0 radical (unpaired) electrons. The van der Waals surface area contributed by atoms with Crippen molar-refractivity contribution in [2.45, 2.75) is 12.5 Å². The zero-order chi connectivity index (χ0) is 21.3. The molecular weight excluding hydrogens is 399 g/mol. The van der Waals surface area contributed by atoms with E-state index in [0.29, 0.717) is 16.3 Å². The molecule has 1 fully saturated rings. The molecule has 0 aliphatic carbocycles. The summed E-state index contributed by atoms with van der Waals surface area (Å²) in [6, 6.07) is 9.59. The SMILES string of the molecule is CN(C)c1ccc(Cl)cc1NC(=O)CN1C(=O)NC(C)(c2ccc(F)cc2)C1=O. The third-order valence-electron chi connectivity index (χ3n) is 4.71. The number of nitrogens with zero attached hydrogens (tertiary/aromatic N) is 2. The lowest BCUT2D eigenvalue weighted by atomic mass is 9.92. The monoisotopic (exact) mass is 418 g/mol. The van der Waals surface area contributed by atoms with Gasteiger partial charge in [0, 0.05) is 19.1 Å². The topological polar surface area (TPSA) is 81.8 Å². The lowest BCUT2D eigenvalue weighted by Crippen LogP contribution is -2.42. The minimum absolute atomic E-state index is 0.421. The summed E-state index contributed by atoms with van der Waals surface area (Å²) in [7, 11) is 3.62.